The van der Waals surface area contributed by atoms with Gasteiger partial charge in [0.1, 0.15) is 11.3 Å². The summed E-state index contributed by atoms with van der Waals surface area (Å²) in [6.07, 6.45) is 3.26. The molecule has 152 valence electrons. The lowest BCUT2D eigenvalue weighted by molar-refractivity contribution is -0.119. The number of carbonyl (C=O) groups is 4. The number of hydrogen-bond donors (Lipinski definition) is 1. The fourth-order valence-corrected chi connectivity index (χ4v) is 4.65. The smallest absolute Gasteiger partial charge is 0.341 e. The largest absolute Gasteiger partial charge is 0.465 e. The molecule has 1 atom stereocenters. The molecule has 1 N–H and O–H groups in total. The van der Waals surface area contributed by atoms with Gasteiger partial charge in [-0.1, -0.05) is 19.1 Å². The van der Waals surface area contributed by atoms with Gasteiger partial charge in [-0.05, 0) is 42.9 Å². The Balaban J connectivity index is 1.67. The minimum Gasteiger partial charge on any atom is -0.465 e. The number of methoxy groups -OCH3 is 1. The fourth-order valence-electron chi connectivity index (χ4n) is 3.23. The summed E-state index contributed by atoms with van der Waals surface area (Å²) in [5.41, 5.74) is 2.00. The van der Waals surface area contributed by atoms with Crippen LogP contribution in [0.1, 0.15) is 54.9 Å². The zero-order valence-electron chi connectivity index (χ0n) is 16.2. The summed E-state index contributed by atoms with van der Waals surface area (Å²) in [5.74, 6) is -1.19. The second-order valence-corrected chi connectivity index (χ2v) is 8.02. The first-order valence-corrected chi connectivity index (χ1v) is 9.99. The first-order chi connectivity index (χ1) is 13.9. The van der Waals surface area contributed by atoms with Crippen molar-refractivity contribution >= 4 is 40.5 Å². The predicted octanol–water partition coefficient (Wildman–Crippen LogP) is 3.27. The minimum absolute atomic E-state index is 0.235. The Kier molecular flexibility index (Phi) is 6.43. The Morgan fingerprint density at radius 2 is 1.93 bits per heavy atom. The minimum atomic E-state index is -0.676. The van der Waals surface area contributed by atoms with Gasteiger partial charge in [0, 0.05) is 10.4 Å². The van der Waals surface area contributed by atoms with E-state index in [1.165, 1.54) is 42.7 Å². The lowest BCUT2D eigenvalue weighted by Gasteiger charge is -2.18. The maximum atomic E-state index is 12.3. The summed E-state index contributed by atoms with van der Waals surface area (Å²) in [6, 6.07) is 5.88. The standard InChI is InChI=1S/C21H21NO6S/c1-12-3-8-15-16(9-12)29-19(18(15)21(26)27-2)22-17(24)11-28-20(25)14-6-4-13(10-23)5-7-14/h4-7,10,12H,3,8-9,11H2,1-2H3,(H,22,24)/t12-/m1/s1. The van der Waals surface area contributed by atoms with E-state index < -0.39 is 24.5 Å². The molecule has 3 rings (SSSR count). The molecule has 0 radical (unpaired) electrons. The molecule has 2 aromatic rings. The van der Waals surface area contributed by atoms with Crippen LogP contribution < -0.4 is 5.32 Å². The lowest BCUT2D eigenvalue weighted by Crippen LogP contribution is -2.22. The van der Waals surface area contributed by atoms with Crippen molar-refractivity contribution in [2.75, 3.05) is 19.0 Å². The number of ether oxygens (including phenoxy) is 2. The highest BCUT2D eigenvalue weighted by atomic mass is 32.1. The molecule has 8 heteroatoms. The lowest BCUT2D eigenvalue weighted by atomic mass is 9.88. The molecular weight excluding hydrogens is 394 g/mol. The van der Waals surface area contributed by atoms with Crippen LogP contribution in [0.3, 0.4) is 0 Å². The Morgan fingerprint density at radius 3 is 2.59 bits per heavy atom. The van der Waals surface area contributed by atoms with Gasteiger partial charge in [0.05, 0.1) is 18.2 Å². The average molecular weight is 415 g/mol. The second kappa shape index (κ2) is 9.00. The van der Waals surface area contributed by atoms with Gasteiger partial charge in [0.15, 0.2) is 6.61 Å². The van der Waals surface area contributed by atoms with Crippen LogP contribution in [0.4, 0.5) is 5.00 Å². The molecule has 0 bridgehead atoms. The van der Waals surface area contributed by atoms with E-state index >= 15 is 0 Å². The Morgan fingerprint density at radius 1 is 1.21 bits per heavy atom. The number of fused-ring (bicyclic) bond motifs is 1. The zero-order chi connectivity index (χ0) is 21.0. The first-order valence-electron chi connectivity index (χ1n) is 9.18. The molecule has 1 aliphatic rings. The van der Waals surface area contributed by atoms with Crippen LogP contribution in [-0.2, 0) is 27.1 Å². The molecule has 0 spiro atoms. The number of hydrogen-bond acceptors (Lipinski definition) is 7. The van der Waals surface area contributed by atoms with Gasteiger partial charge in [-0.3, -0.25) is 9.59 Å². The Hall–Kier alpha value is -3.00. The Labute approximate surface area is 172 Å². The van der Waals surface area contributed by atoms with Crippen LogP contribution in [0.15, 0.2) is 24.3 Å². The molecule has 0 fully saturated rings. The van der Waals surface area contributed by atoms with Crippen LogP contribution in [0.5, 0.6) is 0 Å². The molecule has 1 heterocycles. The number of carbonyl (C=O) groups excluding carboxylic acids is 4. The molecule has 1 aromatic carbocycles. The molecule has 0 unspecified atom stereocenters. The molecule has 0 saturated carbocycles. The van der Waals surface area contributed by atoms with E-state index in [1.807, 2.05) is 0 Å². The number of nitrogens with one attached hydrogen (secondary N) is 1. The third-order valence-electron chi connectivity index (χ3n) is 4.77. The quantitative estimate of drug-likeness (QED) is 0.574. The van der Waals surface area contributed by atoms with Gasteiger partial charge in [-0.25, -0.2) is 9.59 Å². The molecule has 0 saturated heterocycles. The van der Waals surface area contributed by atoms with Crippen LogP contribution in [0, 0.1) is 5.92 Å². The summed E-state index contributed by atoms with van der Waals surface area (Å²) in [7, 11) is 1.31. The van der Waals surface area contributed by atoms with Crippen molar-refractivity contribution in [3.05, 3.63) is 51.4 Å². The van der Waals surface area contributed by atoms with Crippen molar-refractivity contribution in [1.29, 1.82) is 0 Å². The van der Waals surface area contributed by atoms with E-state index in [0.717, 1.165) is 29.7 Å². The number of rotatable bonds is 6. The van der Waals surface area contributed by atoms with E-state index in [2.05, 4.69) is 12.2 Å². The molecule has 7 nitrogen and oxygen atoms in total. The van der Waals surface area contributed by atoms with Crippen molar-refractivity contribution in [3.8, 4) is 0 Å². The third kappa shape index (κ3) is 4.71. The number of amides is 1. The summed E-state index contributed by atoms with van der Waals surface area (Å²) in [6.45, 7) is 1.66. The summed E-state index contributed by atoms with van der Waals surface area (Å²) < 4.78 is 9.92. The van der Waals surface area contributed by atoms with Gasteiger partial charge < -0.3 is 14.8 Å². The first kappa shape index (κ1) is 20.7. The molecule has 1 aliphatic carbocycles. The molecular formula is C21H21NO6S. The van der Waals surface area contributed by atoms with Crippen molar-refractivity contribution < 1.29 is 28.7 Å². The third-order valence-corrected chi connectivity index (χ3v) is 5.94. The fraction of sp³-hybridized carbons (Fsp3) is 0.333. The number of anilines is 1. The maximum absolute atomic E-state index is 12.3. The molecule has 0 aliphatic heterocycles. The second-order valence-electron chi connectivity index (χ2n) is 6.91. The van der Waals surface area contributed by atoms with Gasteiger partial charge in [0.2, 0.25) is 0 Å². The van der Waals surface area contributed by atoms with Crippen molar-refractivity contribution in [2.45, 2.75) is 26.2 Å². The van der Waals surface area contributed by atoms with Gasteiger partial charge in [-0.15, -0.1) is 11.3 Å². The van der Waals surface area contributed by atoms with Crippen LogP contribution in [0.25, 0.3) is 0 Å². The van der Waals surface area contributed by atoms with Crippen LogP contribution >= 0.6 is 11.3 Å². The van der Waals surface area contributed by atoms with Crippen LogP contribution in [-0.4, -0.2) is 37.8 Å². The van der Waals surface area contributed by atoms with E-state index in [9.17, 15) is 19.2 Å². The van der Waals surface area contributed by atoms with Crippen molar-refractivity contribution in [2.24, 2.45) is 5.92 Å². The Bertz CT molecular complexity index is 947. The summed E-state index contributed by atoms with van der Waals surface area (Å²) in [4.78, 5) is 48.4. The zero-order valence-corrected chi connectivity index (χ0v) is 17.0. The van der Waals surface area contributed by atoms with E-state index in [4.69, 9.17) is 9.47 Å². The predicted molar refractivity (Wildman–Crippen MR) is 108 cm³/mol. The van der Waals surface area contributed by atoms with Gasteiger partial charge >= 0.3 is 11.9 Å². The highest BCUT2D eigenvalue weighted by Gasteiger charge is 2.29. The monoisotopic (exact) mass is 415 g/mol. The molecule has 1 amide bonds. The van der Waals surface area contributed by atoms with E-state index in [-0.39, 0.29) is 5.56 Å². The molecule has 1 aromatic heterocycles. The van der Waals surface area contributed by atoms with E-state index in [1.54, 1.807) is 0 Å². The van der Waals surface area contributed by atoms with Crippen molar-refractivity contribution in [1.82, 2.24) is 0 Å². The average Bonchev–Trinajstić information content (AvgIpc) is 3.08. The van der Waals surface area contributed by atoms with E-state index in [0.29, 0.717) is 28.3 Å². The summed E-state index contributed by atoms with van der Waals surface area (Å²) in [5, 5.41) is 3.10. The van der Waals surface area contributed by atoms with Gasteiger partial charge in [0.25, 0.3) is 5.91 Å². The van der Waals surface area contributed by atoms with Gasteiger partial charge in [-0.2, -0.15) is 0 Å². The number of benzene rings is 1. The highest BCUT2D eigenvalue weighted by molar-refractivity contribution is 7.17. The number of thiophene rings is 1. The maximum Gasteiger partial charge on any atom is 0.341 e. The topological polar surface area (TPSA) is 98.8 Å². The normalized spacial score (nSPS) is 15.2. The number of esters is 2. The van der Waals surface area contributed by atoms with Crippen molar-refractivity contribution in [3.63, 3.8) is 0 Å². The summed E-state index contributed by atoms with van der Waals surface area (Å²) >= 11 is 1.37. The SMILES string of the molecule is COC(=O)c1c(NC(=O)COC(=O)c2ccc(C=O)cc2)sc2c1CC[C@@H](C)C2. The molecule has 29 heavy (non-hydrogen) atoms. The number of aldehydes is 1. The van der Waals surface area contributed by atoms with Crippen LogP contribution in [0.2, 0.25) is 0 Å². The highest BCUT2D eigenvalue weighted by Crippen LogP contribution is 2.40.